The molecule has 162 valence electrons. The van der Waals surface area contributed by atoms with E-state index in [1.807, 2.05) is 49.4 Å². The minimum atomic E-state index is -0.286. The van der Waals surface area contributed by atoms with Gasteiger partial charge in [0.05, 0.1) is 10.7 Å². The molecule has 31 heavy (non-hydrogen) atoms. The number of methoxy groups -OCH3 is 1. The molecule has 2 N–H and O–H groups in total. The van der Waals surface area contributed by atoms with Crippen molar-refractivity contribution in [3.8, 4) is 11.5 Å². The molecule has 3 aromatic carbocycles. The number of rotatable bonds is 8. The van der Waals surface area contributed by atoms with Crippen LogP contribution in [-0.4, -0.2) is 19.6 Å². The predicted molar refractivity (Wildman–Crippen MR) is 135 cm³/mol. The number of amides is 1. The zero-order valence-corrected chi connectivity index (χ0v) is 20.6. The lowest BCUT2D eigenvalue weighted by molar-refractivity contribution is -0.118. The second kappa shape index (κ2) is 10.9. The molecule has 0 heterocycles. The van der Waals surface area contributed by atoms with Crippen molar-refractivity contribution in [1.29, 1.82) is 0 Å². The number of aryl methyl sites for hydroxylation is 1. The van der Waals surface area contributed by atoms with Crippen LogP contribution in [0.25, 0.3) is 0 Å². The number of carbonyl (C=O) groups excluding carboxylic acids is 1. The largest absolute Gasteiger partial charge is 0.493 e. The highest BCUT2D eigenvalue weighted by molar-refractivity contribution is 14.1. The number of ether oxygens (including phenoxy) is 2. The lowest BCUT2D eigenvalue weighted by atomic mass is 10.2. The van der Waals surface area contributed by atoms with E-state index in [4.69, 9.17) is 32.7 Å². The van der Waals surface area contributed by atoms with Gasteiger partial charge in [0.1, 0.15) is 0 Å². The number of carbonyl (C=O) groups is 1. The average Bonchev–Trinajstić information content (AvgIpc) is 2.74. The first-order valence-electron chi connectivity index (χ1n) is 9.40. The van der Waals surface area contributed by atoms with Gasteiger partial charge in [-0.3, -0.25) is 4.79 Å². The Kier molecular flexibility index (Phi) is 8.28. The minimum Gasteiger partial charge on any atom is -0.493 e. The van der Waals surface area contributed by atoms with E-state index in [1.54, 1.807) is 19.2 Å². The van der Waals surface area contributed by atoms with Gasteiger partial charge in [0.25, 0.3) is 5.91 Å². The molecule has 0 saturated carbocycles. The van der Waals surface area contributed by atoms with Crippen LogP contribution in [0.2, 0.25) is 10.0 Å². The first kappa shape index (κ1) is 23.5. The Hall–Kier alpha value is -2.16. The van der Waals surface area contributed by atoms with E-state index in [0.29, 0.717) is 33.8 Å². The molecule has 3 aromatic rings. The molecule has 5 nitrogen and oxygen atoms in total. The van der Waals surface area contributed by atoms with Gasteiger partial charge in [-0.15, -0.1) is 0 Å². The van der Waals surface area contributed by atoms with Gasteiger partial charge < -0.3 is 20.1 Å². The SMILES string of the molecule is COc1cc(CNc2ccc(Cl)cc2)cc(I)c1OCC(=O)Nc1ccc(C)c(Cl)c1. The van der Waals surface area contributed by atoms with Crippen LogP contribution in [0.1, 0.15) is 11.1 Å². The molecule has 0 unspecified atom stereocenters. The topological polar surface area (TPSA) is 59.6 Å². The van der Waals surface area contributed by atoms with E-state index in [2.05, 4.69) is 33.2 Å². The summed E-state index contributed by atoms with van der Waals surface area (Å²) in [6.45, 7) is 2.35. The van der Waals surface area contributed by atoms with Crippen molar-refractivity contribution in [1.82, 2.24) is 0 Å². The van der Waals surface area contributed by atoms with E-state index < -0.39 is 0 Å². The number of hydrogen-bond acceptors (Lipinski definition) is 4. The van der Waals surface area contributed by atoms with Crippen molar-refractivity contribution >= 4 is 63.1 Å². The summed E-state index contributed by atoms with van der Waals surface area (Å²) < 4.78 is 12.1. The first-order valence-corrected chi connectivity index (χ1v) is 11.2. The third-order valence-corrected chi connectivity index (χ3v) is 5.89. The summed E-state index contributed by atoms with van der Waals surface area (Å²) in [7, 11) is 1.57. The van der Waals surface area contributed by atoms with Crippen LogP contribution in [0.5, 0.6) is 11.5 Å². The van der Waals surface area contributed by atoms with Gasteiger partial charge in [0.15, 0.2) is 18.1 Å². The Morgan fingerprint density at radius 1 is 1.03 bits per heavy atom. The van der Waals surface area contributed by atoms with E-state index >= 15 is 0 Å². The predicted octanol–water partition coefficient (Wildman–Crippen LogP) is 6.54. The fraction of sp³-hybridized carbons (Fsp3) is 0.174. The van der Waals surface area contributed by atoms with Crippen LogP contribution in [0.4, 0.5) is 11.4 Å². The Balaban J connectivity index is 1.63. The molecule has 0 saturated heterocycles. The van der Waals surface area contributed by atoms with Gasteiger partial charge in [-0.25, -0.2) is 0 Å². The van der Waals surface area contributed by atoms with E-state index in [0.717, 1.165) is 20.4 Å². The molecule has 0 aromatic heterocycles. The van der Waals surface area contributed by atoms with Crippen LogP contribution in [0.3, 0.4) is 0 Å². The summed E-state index contributed by atoms with van der Waals surface area (Å²) in [6, 6.07) is 16.7. The summed E-state index contributed by atoms with van der Waals surface area (Å²) in [4.78, 5) is 12.3. The summed E-state index contributed by atoms with van der Waals surface area (Å²) in [5, 5.41) is 7.41. The van der Waals surface area contributed by atoms with Crippen LogP contribution in [-0.2, 0) is 11.3 Å². The third-order valence-electron chi connectivity index (χ3n) is 4.43. The number of benzene rings is 3. The maximum Gasteiger partial charge on any atom is 0.262 e. The van der Waals surface area contributed by atoms with Crippen LogP contribution < -0.4 is 20.1 Å². The molecule has 0 fully saturated rings. The smallest absolute Gasteiger partial charge is 0.262 e. The summed E-state index contributed by atoms with van der Waals surface area (Å²) in [6.07, 6.45) is 0. The van der Waals surface area contributed by atoms with Crippen molar-refractivity contribution in [2.45, 2.75) is 13.5 Å². The molecule has 1 amide bonds. The second-order valence-corrected chi connectivity index (χ2v) is 8.78. The zero-order chi connectivity index (χ0) is 22.4. The molecule has 8 heteroatoms. The molecule has 0 radical (unpaired) electrons. The zero-order valence-electron chi connectivity index (χ0n) is 17.0. The average molecular weight is 571 g/mol. The maximum absolute atomic E-state index is 12.3. The van der Waals surface area contributed by atoms with Crippen LogP contribution in [0, 0.1) is 10.5 Å². The van der Waals surface area contributed by atoms with Gasteiger partial charge in [0.2, 0.25) is 0 Å². The van der Waals surface area contributed by atoms with Crippen LogP contribution in [0.15, 0.2) is 54.6 Å². The van der Waals surface area contributed by atoms with E-state index in [9.17, 15) is 4.79 Å². The van der Waals surface area contributed by atoms with Gasteiger partial charge in [-0.1, -0.05) is 29.3 Å². The molecular weight excluding hydrogens is 550 g/mol. The second-order valence-electron chi connectivity index (χ2n) is 6.77. The number of anilines is 2. The standard InChI is InChI=1S/C23H21Cl2IN2O3/c1-14-3-6-18(11-19(14)25)28-22(29)13-31-23-20(26)9-15(10-21(23)30-2)12-27-17-7-4-16(24)5-8-17/h3-11,27H,12-13H2,1-2H3,(H,28,29). The van der Waals surface area contributed by atoms with Crippen LogP contribution >= 0.6 is 45.8 Å². The summed E-state index contributed by atoms with van der Waals surface area (Å²) in [5.41, 5.74) is 3.55. The third kappa shape index (κ3) is 6.66. The first-order chi connectivity index (χ1) is 14.9. The number of halogens is 3. The molecule has 0 bridgehead atoms. The van der Waals surface area contributed by atoms with Crippen molar-refractivity contribution in [3.63, 3.8) is 0 Å². The van der Waals surface area contributed by atoms with E-state index in [1.165, 1.54) is 0 Å². The normalized spacial score (nSPS) is 10.5. The van der Waals surface area contributed by atoms with E-state index in [-0.39, 0.29) is 12.5 Å². The maximum atomic E-state index is 12.3. The highest BCUT2D eigenvalue weighted by Crippen LogP contribution is 2.34. The Labute approximate surface area is 205 Å². The number of nitrogens with one attached hydrogen (secondary N) is 2. The summed E-state index contributed by atoms with van der Waals surface area (Å²) in [5.74, 6) is 0.799. The molecule has 0 spiro atoms. The highest BCUT2D eigenvalue weighted by atomic mass is 127. The fourth-order valence-corrected chi connectivity index (χ4v) is 3.92. The Bertz CT molecular complexity index is 1080. The van der Waals surface area contributed by atoms with Crippen molar-refractivity contribution in [3.05, 3.63) is 79.3 Å². The molecular formula is C23H21Cl2IN2O3. The molecule has 0 atom stereocenters. The van der Waals surface area contributed by atoms with Gasteiger partial charge in [-0.2, -0.15) is 0 Å². The molecule has 0 aliphatic carbocycles. The summed E-state index contributed by atoms with van der Waals surface area (Å²) >= 11 is 14.2. The monoisotopic (exact) mass is 570 g/mol. The molecule has 0 aliphatic rings. The molecule has 3 rings (SSSR count). The quantitative estimate of drug-likeness (QED) is 0.302. The van der Waals surface area contributed by atoms with Crippen molar-refractivity contribution in [2.24, 2.45) is 0 Å². The Morgan fingerprint density at radius 3 is 2.42 bits per heavy atom. The van der Waals surface area contributed by atoms with Gasteiger partial charge >= 0.3 is 0 Å². The minimum absolute atomic E-state index is 0.153. The Morgan fingerprint density at radius 2 is 1.74 bits per heavy atom. The highest BCUT2D eigenvalue weighted by Gasteiger charge is 2.14. The lowest BCUT2D eigenvalue weighted by Gasteiger charge is -2.15. The molecule has 0 aliphatic heterocycles. The van der Waals surface area contributed by atoms with Crippen molar-refractivity contribution in [2.75, 3.05) is 24.4 Å². The van der Waals surface area contributed by atoms with Gasteiger partial charge in [-0.05, 0) is 89.2 Å². The fourth-order valence-electron chi connectivity index (χ4n) is 2.79. The van der Waals surface area contributed by atoms with Gasteiger partial charge in [0, 0.05) is 28.0 Å². The number of hydrogen-bond donors (Lipinski definition) is 2. The lowest BCUT2D eigenvalue weighted by Crippen LogP contribution is -2.20. The van der Waals surface area contributed by atoms with Crippen molar-refractivity contribution < 1.29 is 14.3 Å².